The SMILES string of the molecule is C/C=C(\C=C/CC)CCC(C)CCCC.CC. The fourth-order valence-corrected chi connectivity index (χ4v) is 1.70. The summed E-state index contributed by atoms with van der Waals surface area (Å²) in [7, 11) is 0. The Hall–Kier alpha value is -0.520. The highest BCUT2D eigenvalue weighted by Crippen LogP contribution is 2.18. The van der Waals surface area contributed by atoms with E-state index in [1.807, 2.05) is 13.8 Å². The van der Waals surface area contributed by atoms with E-state index in [0.717, 1.165) is 12.3 Å². The van der Waals surface area contributed by atoms with Crippen molar-refractivity contribution in [3.63, 3.8) is 0 Å². The Morgan fingerprint density at radius 2 is 1.76 bits per heavy atom. The van der Waals surface area contributed by atoms with Crippen LogP contribution in [0, 0.1) is 5.92 Å². The van der Waals surface area contributed by atoms with Gasteiger partial charge in [-0.2, -0.15) is 0 Å². The zero-order chi connectivity index (χ0) is 13.5. The Kier molecular flexibility index (Phi) is 17.2. The van der Waals surface area contributed by atoms with Crippen LogP contribution in [0.1, 0.15) is 80.1 Å². The molecule has 1 atom stereocenters. The molecule has 0 aliphatic heterocycles. The summed E-state index contributed by atoms with van der Waals surface area (Å²) in [5.74, 6) is 0.884. The van der Waals surface area contributed by atoms with E-state index in [9.17, 15) is 0 Å². The molecular formula is C17H34. The molecule has 0 radical (unpaired) electrons. The first-order chi connectivity index (χ1) is 8.24. The molecule has 0 amide bonds. The lowest BCUT2D eigenvalue weighted by Gasteiger charge is -2.10. The van der Waals surface area contributed by atoms with Gasteiger partial charge in [0.15, 0.2) is 0 Å². The predicted octanol–water partition coefficient (Wildman–Crippen LogP) is 6.53. The van der Waals surface area contributed by atoms with Crippen molar-refractivity contribution in [1.29, 1.82) is 0 Å². The molecule has 0 heterocycles. The van der Waals surface area contributed by atoms with Gasteiger partial charge >= 0.3 is 0 Å². The van der Waals surface area contributed by atoms with Gasteiger partial charge in [-0.15, -0.1) is 0 Å². The van der Waals surface area contributed by atoms with Gasteiger partial charge in [0.25, 0.3) is 0 Å². The number of hydrogen-bond donors (Lipinski definition) is 0. The molecule has 0 saturated carbocycles. The molecular weight excluding hydrogens is 204 g/mol. The van der Waals surface area contributed by atoms with Gasteiger partial charge in [-0.3, -0.25) is 0 Å². The predicted molar refractivity (Wildman–Crippen MR) is 82.5 cm³/mol. The lowest BCUT2D eigenvalue weighted by atomic mass is 9.96. The topological polar surface area (TPSA) is 0 Å². The van der Waals surface area contributed by atoms with Gasteiger partial charge < -0.3 is 0 Å². The zero-order valence-corrected chi connectivity index (χ0v) is 13.1. The molecule has 0 heteroatoms. The summed E-state index contributed by atoms with van der Waals surface area (Å²) in [6.45, 7) is 13.0. The highest BCUT2D eigenvalue weighted by Gasteiger charge is 2.01. The van der Waals surface area contributed by atoms with E-state index in [1.165, 1.54) is 37.7 Å². The van der Waals surface area contributed by atoms with Gasteiger partial charge in [0, 0.05) is 0 Å². The van der Waals surface area contributed by atoms with Crippen LogP contribution in [0.2, 0.25) is 0 Å². The van der Waals surface area contributed by atoms with E-state index in [1.54, 1.807) is 0 Å². The molecule has 0 aliphatic rings. The minimum atomic E-state index is 0.884. The van der Waals surface area contributed by atoms with Crippen LogP contribution >= 0.6 is 0 Å². The first-order valence-corrected chi connectivity index (χ1v) is 7.56. The van der Waals surface area contributed by atoms with Crippen LogP contribution < -0.4 is 0 Å². The maximum Gasteiger partial charge on any atom is -0.0280 e. The quantitative estimate of drug-likeness (QED) is 0.422. The third kappa shape index (κ3) is 13.4. The minimum Gasteiger partial charge on any atom is -0.0845 e. The molecule has 0 N–H and O–H groups in total. The number of hydrogen-bond acceptors (Lipinski definition) is 0. The molecule has 0 aromatic carbocycles. The van der Waals surface area contributed by atoms with E-state index in [4.69, 9.17) is 0 Å². The van der Waals surface area contributed by atoms with Crippen molar-refractivity contribution in [2.45, 2.75) is 80.1 Å². The minimum absolute atomic E-state index is 0.884. The molecule has 0 rings (SSSR count). The normalized spacial score (nSPS) is 13.4. The average Bonchev–Trinajstić information content (AvgIpc) is 2.39. The van der Waals surface area contributed by atoms with Crippen molar-refractivity contribution in [3.05, 3.63) is 23.8 Å². The molecule has 0 fully saturated rings. The fraction of sp³-hybridized carbons (Fsp3) is 0.765. The summed E-state index contributed by atoms with van der Waals surface area (Å²) < 4.78 is 0. The van der Waals surface area contributed by atoms with Crippen molar-refractivity contribution < 1.29 is 0 Å². The van der Waals surface area contributed by atoms with Crippen LogP contribution in [0.5, 0.6) is 0 Å². The second-order valence-electron chi connectivity index (χ2n) is 4.46. The lowest BCUT2D eigenvalue weighted by molar-refractivity contribution is 0.472. The van der Waals surface area contributed by atoms with Crippen LogP contribution in [0.25, 0.3) is 0 Å². The number of rotatable bonds is 8. The zero-order valence-electron chi connectivity index (χ0n) is 13.1. The third-order valence-corrected chi connectivity index (χ3v) is 2.91. The van der Waals surface area contributed by atoms with Crippen LogP contribution in [-0.4, -0.2) is 0 Å². The maximum atomic E-state index is 2.38. The Morgan fingerprint density at radius 1 is 1.12 bits per heavy atom. The van der Waals surface area contributed by atoms with Crippen molar-refractivity contribution in [2.24, 2.45) is 5.92 Å². The number of unbranched alkanes of at least 4 members (excludes halogenated alkanes) is 1. The fourth-order valence-electron chi connectivity index (χ4n) is 1.70. The van der Waals surface area contributed by atoms with Crippen molar-refractivity contribution in [1.82, 2.24) is 0 Å². The molecule has 0 aromatic rings. The number of allylic oxidation sites excluding steroid dienone is 4. The first kappa shape index (κ1) is 18.8. The molecule has 1 unspecified atom stereocenters. The van der Waals surface area contributed by atoms with Gasteiger partial charge in [0.05, 0.1) is 0 Å². The molecule has 17 heavy (non-hydrogen) atoms. The second-order valence-corrected chi connectivity index (χ2v) is 4.46. The lowest BCUT2D eigenvalue weighted by Crippen LogP contribution is -1.95. The highest BCUT2D eigenvalue weighted by atomic mass is 14.1. The molecule has 102 valence electrons. The Balaban J connectivity index is 0. The van der Waals surface area contributed by atoms with Crippen molar-refractivity contribution in [3.8, 4) is 0 Å². The van der Waals surface area contributed by atoms with Crippen LogP contribution in [0.4, 0.5) is 0 Å². The van der Waals surface area contributed by atoms with Gasteiger partial charge in [0.1, 0.15) is 0 Å². The standard InChI is InChI=1S/C15H28.C2H6/c1-5-8-10-14(4)12-13-15(7-3)11-9-6-2;1-2/h7,9,11,14H,5-6,8,10,12-13H2,1-4H3;1-2H3/b11-9-,15-7+;. The van der Waals surface area contributed by atoms with Gasteiger partial charge in [0.2, 0.25) is 0 Å². The van der Waals surface area contributed by atoms with Gasteiger partial charge in [-0.05, 0) is 32.1 Å². The van der Waals surface area contributed by atoms with E-state index >= 15 is 0 Å². The Morgan fingerprint density at radius 3 is 2.24 bits per heavy atom. The molecule has 0 saturated heterocycles. The highest BCUT2D eigenvalue weighted by molar-refractivity contribution is 5.17. The third-order valence-electron chi connectivity index (χ3n) is 2.91. The first-order valence-electron chi connectivity index (χ1n) is 7.56. The summed E-state index contributed by atoms with van der Waals surface area (Å²) in [5.41, 5.74) is 1.50. The van der Waals surface area contributed by atoms with E-state index < -0.39 is 0 Å². The van der Waals surface area contributed by atoms with E-state index in [0.29, 0.717) is 0 Å². The summed E-state index contributed by atoms with van der Waals surface area (Å²) in [6.07, 6.45) is 14.6. The Labute approximate surface area is 110 Å². The summed E-state index contributed by atoms with van der Waals surface area (Å²) in [5, 5.41) is 0. The van der Waals surface area contributed by atoms with Gasteiger partial charge in [-0.1, -0.05) is 77.7 Å². The maximum absolute atomic E-state index is 2.38. The summed E-state index contributed by atoms with van der Waals surface area (Å²) in [4.78, 5) is 0. The smallest absolute Gasteiger partial charge is 0.0280 e. The van der Waals surface area contributed by atoms with Crippen molar-refractivity contribution >= 4 is 0 Å². The summed E-state index contributed by atoms with van der Waals surface area (Å²) >= 11 is 0. The van der Waals surface area contributed by atoms with Gasteiger partial charge in [-0.25, -0.2) is 0 Å². The molecule has 0 aliphatic carbocycles. The largest absolute Gasteiger partial charge is 0.0845 e. The molecule has 0 spiro atoms. The van der Waals surface area contributed by atoms with Crippen LogP contribution in [0.15, 0.2) is 23.8 Å². The molecule has 0 aromatic heterocycles. The summed E-state index contributed by atoms with van der Waals surface area (Å²) in [6, 6.07) is 0. The molecule has 0 nitrogen and oxygen atoms in total. The van der Waals surface area contributed by atoms with E-state index in [2.05, 4.69) is 45.9 Å². The second kappa shape index (κ2) is 15.5. The van der Waals surface area contributed by atoms with Crippen LogP contribution in [0.3, 0.4) is 0 Å². The van der Waals surface area contributed by atoms with Crippen LogP contribution in [-0.2, 0) is 0 Å². The monoisotopic (exact) mass is 238 g/mol. The molecule has 0 bridgehead atoms. The van der Waals surface area contributed by atoms with Crippen molar-refractivity contribution in [2.75, 3.05) is 0 Å². The Bertz CT molecular complexity index is 186. The van der Waals surface area contributed by atoms with E-state index in [-0.39, 0.29) is 0 Å². The average molecular weight is 238 g/mol.